The highest BCUT2D eigenvalue weighted by Gasteiger charge is 2.16. The molecule has 18 heavy (non-hydrogen) atoms. The molecule has 3 heteroatoms. The highest BCUT2D eigenvalue weighted by Crippen LogP contribution is 2.23. The summed E-state index contributed by atoms with van der Waals surface area (Å²) in [5.74, 6) is 0.343. The molecular weight excluding hydrogens is 226 g/mol. The third kappa shape index (κ3) is 3.57. The van der Waals surface area contributed by atoms with Crippen LogP contribution in [0.25, 0.3) is 0 Å². The Morgan fingerprint density at radius 2 is 1.83 bits per heavy atom. The van der Waals surface area contributed by atoms with Crippen LogP contribution in [-0.2, 0) is 11.3 Å². The van der Waals surface area contributed by atoms with E-state index in [1.54, 1.807) is 12.1 Å². The summed E-state index contributed by atoms with van der Waals surface area (Å²) in [5, 5.41) is 0. The molecule has 0 heterocycles. The summed E-state index contributed by atoms with van der Waals surface area (Å²) in [6, 6.07) is 7.31. The number of rotatable bonds is 4. The topological polar surface area (TPSA) is 52.3 Å². The van der Waals surface area contributed by atoms with E-state index in [0.29, 0.717) is 24.6 Å². The largest absolute Gasteiger partial charge is 0.462 e. The molecule has 0 saturated heterocycles. The van der Waals surface area contributed by atoms with Gasteiger partial charge >= 0.3 is 5.97 Å². The Balaban J connectivity index is 1.82. The zero-order valence-corrected chi connectivity index (χ0v) is 10.7. The molecular formula is C15H21NO2. The molecule has 3 nitrogen and oxygen atoms in total. The lowest BCUT2D eigenvalue weighted by Gasteiger charge is -2.21. The number of carbonyl (C=O) groups excluding carboxylic acids is 1. The molecule has 2 N–H and O–H groups in total. The maximum Gasteiger partial charge on any atom is 0.338 e. The molecule has 0 amide bonds. The second-order valence-corrected chi connectivity index (χ2v) is 5.00. The molecule has 1 fully saturated rings. The van der Waals surface area contributed by atoms with Gasteiger partial charge in [-0.05, 0) is 36.5 Å². The zero-order valence-electron chi connectivity index (χ0n) is 10.7. The molecule has 1 aliphatic carbocycles. The van der Waals surface area contributed by atoms with E-state index >= 15 is 0 Å². The third-order valence-electron chi connectivity index (χ3n) is 3.60. The van der Waals surface area contributed by atoms with Gasteiger partial charge in [0, 0.05) is 6.54 Å². The number of carbonyl (C=O) groups is 1. The molecule has 1 aromatic rings. The molecule has 2 rings (SSSR count). The summed E-state index contributed by atoms with van der Waals surface area (Å²) in [6.07, 6.45) is 6.25. The monoisotopic (exact) mass is 247 g/mol. The molecule has 0 spiro atoms. The first-order valence-corrected chi connectivity index (χ1v) is 6.75. The number of hydrogen-bond donors (Lipinski definition) is 1. The van der Waals surface area contributed by atoms with E-state index in [4.69, 9.17) is 10.5 Å². The van der Waals surface area contributed by atoms with Gasteiger partial charge in [0.2, 0.25) is 0 Å². The average Bonchev–Trinajstić information content (AvgIpc) is 2.46. The Labute approximate surface area is 108 Å². The van der Waals surface area contributed by atoms with Crippen LogP contribution in [-0.4, -0.2) is 12.6 Å². The summed E-state index contributed by atoms with van der Waals surface area (Å²) in [5.41, 5.74) is 7.16. The summed E-state index contributed by atoms with van der Waals surface area (Å²) in [4.78, 5) is 11.8. The third-order valence-corrected chi connectivity index (χ3v) is 3.60. The molecule has 0 bridgehead atoms. The molecule has 0 radical (unpaired) electrons. The summed E-state index contributed by atoms with van der Waals surface area (Å²) in [6.45, 7) is 1.06. The highest BCUT2D eigenvalue weighted by atomic mass is 16.5. The van der Waals surface area contributed by atoms with Gasteiger partial charge in [-0.15, -0.1) is 0 Å². The highest BCUT2D eigenvalue weighted by molar-refractivity contribution is 5.89. The van der Waals surface area contributed by atoms with Crippen molar-refractivity contribution in [3.8, 4) is 0 Å². The van der Waals surface area contributed by atoms with Crippen LogP contribution in [0.3, 0.4) is 0 Å². The number of benzene rings is 1. The van der Waals surface area contributed by atoms with Crippen LogP contribution < -0.4 is 5.73 Å². The van der Waals surface area contributed by atoms with Gasteiger partial charge in [0.1, 0.15) is 0 Å². The van der Waals surface area contributed by atoms with Crippen molar-refractivity contribution in [1.82, 2.24) is 0 Å². The van der Waals surface area contributed by atoms with Crippen LogP contribution in [0.15, 0.2) is 24.3 Å². The average molecular weight is 247 g/mol. The summed E-state index contributed by atoms with van der Waals surface area (Å²) in [7, 11) is 0. The predicted molar refractivity (Wildman–Crippen MR) is 71.2 cm³/mol. The quantitative estimate of drug-likeness (QED) is 0.832. The molecule has 1 aromatic carbocycles. The van der Waals surface area contributed by atoms with Crippen molar-refractivity contribution in [3.05, 3.63) is 35.4 Å². The Hall–Kier alpha value is -1.35. The van der Waals surface area contributed by atoms with Crippen LogP contribution in [0.1, 0.15) is 48.0 Å². The summed E-state index contributed by atoms with van der Waals surface area (Å²) >= 11 is 0. The molecule has 0 unspecified atom stereocenters. The zero-order chi connectivity index (χ0) is 12.8. The van der Waals surface area contributed by atoms with Gasteiger partial charge < -0.3 is 10.5 Å². The number of hydrogen-bond acceptors (Lipinski definition) is 3. The lowest BCUT2D eigenvalue weighted by molar-refractivity contribution is 0.0410. The van der Waals surface area contributed by atoms with Crippen LogP contribution in [0.5, 0.6) is 0 Å². The van der Waals surface area contributed by atoms with E-state index in [2.05, 4.69) is 0 Å². The minimum Gasteiger partial charge on any atom is -0.462 e. The molecule has 0 aromatic heterocycles. The van der Waals surface area contributed by atoms with Gasteiger partial charge in [0.15, 0.2) is 0 Å². The van der Waals surface area contributed by atoms with Crippen molar-refractivity contribution in [2.24, 2.45) is 11.7 Å². The minimum absolute atomic E-state index is 0.218. The Morgan fingerprint density at radius 1 is 1.17 bits per heavy atom. The molecule has 98 valence electrons. The number of ether oxygens (including phenoxy) is 1. The van der Waals surface area contributed by atoms with E-state index in [-0.39, 0.29) is 5.97 Å². The van der Waals surface area contributed by atoms with E-state index < -0.39 is 0 Å². The van der Waals surface area contributed by atoms with E-state index in [1.807, 2.05) is 12.1 Å². The minimum atomic E-state index is -0.218. The van der Waals surface area contributed by atoms with Gasteiger partial charge in [-0.2, -0.15) is 0 Å². The van der Waals surface area contributed by atoms with Crippen molar-refractivity contribution < 1.29 is 9.53 Å². The number of nitrogens with two attached hydrogens (primary N) is 1. The second kappa shape index (κ2) is 6.55. The SMILES string of the molecule is NCc1ccc(C(=O)OCC2CCCCC2)cc1. The fourth-order valence-electron chi connectivity index (χ4n) is 2.41. The molecule has 1 aliphatic rings. The van der Waals surface area contributed by atoms with Gasteiger partial charge in [-0.3, -0.25) is 0 Å². The van der Waals surface area contributed by atoms with Gasteiger partial charge in [-0.25, -0.2) is 4.79 Å². The Bertz CT molecular complexity index is 380. The maximum atomic E-state index is 11.8. The standard InChI is InChI=1S/C15H21NO2/c16-10-12-6-8-14(9-7-12)15(17)18-11-13-4-2-1-3-5-13/h6-9,13H,1-5,10-11,16H2. The first kappa shape index (κ1) is 13.1. The van der Waals surface area contributed by atoms with Crippen molar-refractivity contribution in [3.63, 3.8) is 0 Å². The first-order valence-electron chi connectivity index (χ1n) is 6.75. The molecule has 1 saturated carbocycles. The first-order chi connectivity index (χ1) is 8.79. The van der Waals surface area contributed by atoms with E-state index in [0.717, 1.165) is 5.56 Å². The predicted octanol–water partition coefficient (Wildman–Crippen LogP) is 2.88. The van der Waals surface area contributed by atoms with Crippen molar-refractivity contribution in [1.29, 1.82) is 0 Å². The van der Waals surface area contributed by atoms with Gasteiger partial charge in [0.25, 0.3) is 0 Å². The van der Waals surface area contributed by atoms with Gasteiger partial charge in [0.05, 0.1) is 12.2 Å². The van der Waals surface area contributed by atoms with Crippen molar-refractivity contribution >= 4 is 5.97 Å². The van der Waals surface area contributed by atoms with Crippen molar-refractivity contribution in [2.45, 2.75) is 38.6 Å². The molecule has 0 atom stereocenters. The fourth-order valence-corrected chi connectivity index (χ4v) is 2.41. The van der Waals surface area contributed by atoms with Crippen molar-refractivity contribution in [2.75, 3.05) is 6.61 Å². The van der Waals surface area contributed by atoms with Crippen LogP contribution in [0.2, 0.25) is 0 Å². The van der Waals surface area contributed by atoms with Crippen LogP contribution >= 0.6 is 0 Å². The van der Waals surface area contributed by atoms with Crippen LogP contribution in [0.4, 0.5) is 0 Å². The van der Waals surface area contributed by atoms with E-state index in [9.17, 15) is 4.79 Å². The number of esters is 1. The Morgan fingerprint density at radius 3 is 2.44 bits per heavy atom. The molecule has 0 aliphatic heterocycles. The van der Waals surface area contributed by atoms with Crippen LogP contribution in [0, 0.1) is 5.92 Å². The smallest absolute Gasteiger partial charge is 0.338 e. The normalized spacial score (nSPS) is 16.5. The summed E-state index contributed by atoms with van der Waals surface area (Å²) < 4.78 is 5.37. The maximum absolute atomic E-state index is 11.8. The lowest BCUT2D eigenvalue weighted by Crippen LogP contribution is -2.16. The fraction of sp³-hybridized carbons (Fsp3) is 0.533. The van der Waals surface area contributed by atoms with E-state index in [1.165, 1.54) is 32.1 Å². The lowest BCUT2D eigenvalue weighted by atomic mass is 9.90. The second-order valence-electron chi connectivity index (χ2n) is 5.00. The Kier molecular flexibility index (Phi) is 4.76. The van der Waals surface area contributed by atoms with Gasteiger partial charge in [-0.1, -0.05) is 31.4 Å².